The molecule has 0 heterocycles. The number of carbonyl (C=O) groups is 1. The van der Waals surface area contributed by atoms with Crippen LogP contribution in [-0.4, -0.2) is 25.5 Å². The van der Waals surface area contributed by atoms with Gasteiger partial charge in [0.25, 0.3) is 0 Å². The molecule has 20 heavy (non-hydrogen) atoms. The predicted molar refractivity (Wildman–Crippen MR) is 72.4 cm³/mol. The fourth-order valence-electron chi connectivity index (χ4n) is 1.77. The van der Waals surface area contributed by atoms with Crippen LogP contribution in [-0.2, 0) is 14.8 Å². The molecule has 7 heteroatoms. The Balaban J connectivity index is 3.04. The number of nitrogens with one attached hydrogen (secondary N) is 1. The van der Waals surface area contributed by atoms with Gasteiger partial charge in [0.2, 0.25) is 10.0 Å². The highest BCUT2D eigenvalue weighted by Crippen LogP contribution is 2.18. The van der Waals surface area contributed by atoms with Gasteiger partial charge >= 0.3 is 5.97 Å². The Hall–Kier alpha value is -1.47. The number of aliphatic carboxylic acids is 1. The van der Waals surface area contributed by atoms with Crippen molar-refractivity contribution in [2.24, 2.45) is 0 Å². The zero-order valence-electron chi connectivity index (χ0n) is 11.4. The molecule has 0 aliphatic rings. The number of unbranched alkanes of at least 4 members (excludes halogenated alkanes) is 1. The Morgan fingerprint density at radius 3 is 2.65 bits per heavy atom. The Morgan fingerprint density at radius 2 is 2.10 bits per heavy atom. The van der Waals surface area contributed by atoms with E-state index < -0.39 is 27.9 Å². The largest absolute Gasteiger partial charge is 0.480 e. The SMILES string of the molecule is CCCCC(NS(=O)(=O)c1cccc(F)c1C)C(=O)O. The van der Waals surface area contributed by atoms with Crippen molar-refractivity contribution in [3.8, 4) is 0 Å². The zero-order chi connectivity index (χ0) is 15.3. The van der Waals surface area contributed by atoms with Crippen molar-refractivity contribution in [1.29, 1.82) is 0 Å². The van der Waals surface area contributed by atoms with Crippen LogP contribution in [0.5, 0.6) is 0 Å². The topological polar surface area (TPSA) is 83.5 Å². The molecule has 0 fully saturated rings. The van der Waals surface area contributed by atoms with E-state index in [-0.39, 0.29) is 16.9 Å². The molecule has 0 aliphatic heterocycles. The van der Waals surface area contributed by atoms with Gasteiger partial charge < -0.3 is 5.11 Å². The number of rotatable bonds is 7. The first-order chi connectivity index (χ1) is 9.29. The quantitative estimate of drug-likeness (QED) is 0.807. The van der Waals surface area contributed by atoms with Crippen molar-refractivity contribution >= 4 is 16.0 Å². The Kier molecular flexibility index (Phi) is 5.64. The van der Waals surface area contributed by atoms with Gasteiger partial charge in [-0.3, -0.25) is 4.79 Å². The minimum Gasteiger partial charge on any atom is -0.480 e. The normalized spacial score (nSPS) is 13.2. The summed E-state index contributed by atoms with van der Waals surface area (Å²) in [5.41, 5.74) is -0.0281. The fraction of sp³-hybridized carbons (Fsp3) is 0.462. The molecule has 0 saturated heterocycles. The summed E-state index contributed by atoms with van der Waals surface area (Å²) in [4.78, 5) is 10.8. The van der Waals surface area contributed by atoms with Crippen LogP contribution in [0.25, 0.3) is 0 Å². The van der Waals surface area contributed by atoms with Gasteiger partial charge in [0.05, 0.1) is 4.90 Å². The Bertz CT molecular complexity index is 586. The molecule has 0 aliphatic carbocycles. The van der Waals surface area contributed by atoms with E-state index in [0.717, 1.165) is 12.5 Å². The van der Waals surface area contributed by atoms with E-state index in [1.54, 1.807) is 0 Å². The minimum atomic E-state index is -4.06. The number of carboxylic acid groups (broad SMARTS) is 1. The van der Waals surface area contributed by atoms with Crippen LogP contribution in [0.4, 0.5) is 4.39 Å². The van der Waals surface area contributed by atoms with Crippen LogP contribution >= 0.6 is 0 Å². The van der Waals surface area contributed by atoms with Gasteiger partial charge in [0.1, 0.15) is 11.9 Å². The van der Waals surface area contributed by atoms with Crippen LogP contribution < -0.4 is 4.72 Å². The molecule has 1 rings (SSSR count). The van der Waals surface area contributed by atoms with E-state index in [1.807, 2.05) is 6.92 Å². The van der Waals surface area contributed by atoms with Crippen molar-refractivity contribution in [2.75, 3.05) is 0 Å². The summed E-state index contributed by atoms with van der Waals surface area (Å²) in [7, 11) is -4.06. The van der Waals surface area contributed by atoms with Gasteiger partial charge in [-0.2, -0.15) is 4.72 Å². The molecule has 5 nitrogen and oxygen atoms in total. The molecule has 0 saturated carbocycles. The van der Waals surface area contributed by atoms with Gasteiger partial charge in [-0.15, -0.1) is 0 Å². The molecule has 0 bridgehead atoms. The van der Waals surface area contributed by atoms with E-state index in [0.29, 0.717) is 6.42 Å². The Morgan fingerprint density at radius 1 is 1.45 bits per heavy atom. The number of hydrogen-bond donors (Lipinski definition) is 2. The summed E-state index contributed by atoms with van der Waals surface area (Å²) in [5, 5.41) is 9.03. The van der Waals surface area contributed by atoms with Crippen molar-refractivity contribution in [3.63, 3.8) is 0 Å². The summed E-state index contributed by atoms with van der Waals surface area (Å²) in [5.74, 6) is -1.88. The third kappa shape index (κ3) is 4.01. The zero-order valence-corrected chi connectivity index (χ0v) is 12.2. The second-order valence-electron chi connectivity index (χ2n) is 4.52. The molecular formula is C13H18FNO4S. The lowest BCUT2D eigenvalue weighted by Gasteiger charge is -2.15. The molecule has 2 N–H and O–H groups in total. The fourth-order valence-corrected chi connectivity index (χ4v) is 3.25. The van der Waals surface area contributed by atoms with Crippen molar-refractivity contribution < 1.29 is 22.7 Å². The van der Waals surface area contributed by atoms with Gasteiger partial charge in [0.15, 0.2) is 0 Å². The maximum atomic E-state index is 13.4. The van der Waals surface area contributed by atoms with Crippen molar-refractivity contribution in [3.05, 3.63) is 29.6 Å². The second kappa shape index (κ2) is 6.81. The third-order valence-electron chi connectivity index (χ3n) is 2.95. The predicted octanol–water partition coefficient (Wildman–Crippen LogP) is 2.06. The highest BCUT2D eigenvalue weighted by atomic mass is 32.2. The molecule has 0 aromatic heterocycles. The molecular weight excluding hydrogens is 285 g/mol. The average Bonchev–Trinajstić information content (AvgIpc) is 2.37. The van der Waals surface area contributed by atoms with Gasteiger partial charge in [-0.05, 0) is 25.5 Å². The number of halogens is 1. The van der Waals surface area contributed by atoms with Crippen LogP contribution in [0.3, 0.4) is 0 Å². The van der Waals surface area contributed by atoms with Crippen LogP contribution in [0.1, 0.15) is 31.7 Å². The number of benzene rings is 1. The molecule has 1 aromatic carbocycles. The maximum Gasteiger partial charge on any atom is 0.321 e. The highest BCUT2D eigenvalue weighted by molar-refractivity contribution is 7.89. The van der Waals surface area contributed by atoms with Gasteiger partial charge in [0, 0.05) is 5.56 Å². The van der Waals surface area contributed by atoms with E-state index >= 15 is 0 Å². The number of hydrogen-bond acceptors (Lipinski definition) is 3. The first-order valence-corrected chi connectivity index (χ1v) is 7.78. The number of sulfonamides is 1. The first-order valence-electron chi connectivity index (χ1n) is 6.30. The van der Waals surface area contributed by atoms with E-state index in [2.05, 4.69) is 4.72 Å². The maximum absolute atomic E-state index is 13.4. The number of carboxylic acids is 1. The average molecular weight is 303 g/mol. The van der Waals surface area contributed by atoms with Crippen LogP contribution in [0, 0.1) is 12.7 Å². The molecule has 1 atom stereocenters. The highest BCUT2D eigenvalue weighted by Gasteiger charge is 2.26. The van der Waals surface area contributed by atoms with Crippen molar-refractivity contribution in [2.45, 2.75) is 44.0 Å². The summed E-state index contributed by atoms with van der Waals surface area (Å²) in [6, 6.07) is 2.47. The lowest BCUT2D eigenvalue weighted by Crippen LogP contribution is -2.40. The Labute approximate surface area is 117 Å². The molecule has 0 amide bonds. The molecule has 112 valence electrons. The van der Waals surface area contributed by atoms with Crippen LogP contribution in [0.2, 0.25) is 0 Å². The standard InChI is InChI=1S/C13H18FNO4S/c1-3-4-7-11(13(16)17)15-20(18,19)12-8-5-6-10(14)9(12)2/h5-6,8,11,15H,3-4,7H2,1-2H3,(H,16,17). The van der Waals surface area contributed by atoms with E-state index in [9.17, 15) is 17.6 Å². The summed E-state index contributed by atoms with van der Waals surface area (Å²) < 4.78 is 39.8. The smallest absolute Gasteiger partial charge is 0.321 e. The van der Waals surface area contributed by atoms with Crippen LogP contribution in [0.15, 0.2) is 23.1 Å². The van der Waals surface area contributed by atoms with E-state index in [1.165, 1.54) is 19.1 Å². The van der Waals surface area contributed by atoms with E-state index in [4.69, 9.17) is 5.11 Å². The third-order valence-corrected chi connectivity index (χ3v) is 4.57. The van der Waals surface area contributed by atoms with Gasteiger partial charge in [-0.25, -0.2) is 12.8 Å². The lowest BCUT2D eigenvalue weighted by molar-refractivity contribution is -0.139. The summed E-state index contributed by atoms with van der Waals surface area (Å²) in [6.07, 6.45) is 1.53. The summed E-state index contributed by atoms with van der Waals surface area (Å²) in [6.45, 7) is 3.22. The second-order valence-corrected chi connectivity index (χ2v) is 6.20. The minimum absolute atomic E-state index is 0.0281. The summed E-state index contributed by atoms with van der Waals surface area (Å²) >= 11 is 0. The molecule has 1 aromatic rings. The molecule has 0 spiro atoms. The monoisotopic (exact) mass is 303 g/mol. The van der Waals surface area contributed by atoms with Gasteiger partial charge in [-0.1, -0.05) is 25.8 Å². The molecule has 0 radical (unpaired) electrons. The first kappa shape index (κ1) is 16.6. The van der Waals surface area contributed by atoms with Crippen molar-refractivity contribution in [1.82, 2.24) is 4.72 Å². The lowest BCUT2D eigenvalue weighted by atomic mass is 10.1. The molecule has 1 unspecified atom stereocenters.